The van der Waals surface area contributed by atoms with Crippen molar-refractivity contribution in [2.45, 2.75) is 38.8 Å². The van der Waals surface area contributed by atoms with Gasteiger partial charge in [0.05, 0.1) is 6.20 Å². The van der Waals surface area contributed by atoms with Crippen LogP contribution >= 0.6 is 0 Å². The van der Waals surface area contributed by atoms with Crippen LogP contribution in [-0.2, 0) is 17.8 Å². The van der Waals surface area contributed by atoms with E-state index in [2.05, 4.69) is 25.9 Å². The summed E-state index contributed by atoms with van der Waals surface area (Å²) < 4.78 is 16.8. The monoisotopic (exact) mass is 369 g/mol. The van der Waals surface area contributed by atoms with E-state index in [0.29, 0.717) is 23.1 Å². The Kier molecular flexibility index (Phi) is 4.66. The summed E-state index contributed by atoms with van der Waals surface area (Å²) in [6, 6.07) is 7.25. The minimum atomic E-state index is -0.703. The van der Waals surface area contributed by atoms with E-state index in [4.69, 9.17) is 0 Å². The predicted molar refractivity (Wildman–Crippen MR) is 95.3 cm³/mol. The molecule has 1 saturated carbocycles. The van der Waals surface area contributed by atoms with Crippen LogP contribution in [0.25, 0.3) is 0 Å². The SMILES string of the molecule is Cc1nnnn1C(Cc1cccc(F)c1)C(=O)Nc1ccnn1CC1CC1. The third kappa shape index (κ3) is 4.02. The smallest absolute Gasteiger partial charge is 0.250 e. The van der Waals surface area contributed by atoms with Crippen molar-refractivity contribution in [2.24, 2.45) is 5.92 Å². The molecular weight excluding hydrogens is 349 g/mol. The molecule has 1 N–H and O–H groups in total. The summed E-state index contributed by atoms with van der Waals surface area (Å²) in [4.78, 5) is 13.0. The van der Waals surface area contributed by atoms with Crippen molar-refractivity contribution in [1.29, 1.82) is 0 Å². The number of tetrazole rings is 1. The van der Waals surface area contributed by atoms with Crippen LogP contribution in [0.1, 0.15) is 30.3 Å². The largest absolute Gasteiger partial charge is 0.309 e. The van der Waals surface area contributed by atoms with Crippen LogP contribution in [0, 0.1) is 18.7 Å². The van der Waals surface area contributed by atoms with E-state index < -0.39 is 6.04 Å². The lowest BCUT2D eigenvalue weighted by atomic mass is 10.1. The van der Waals surface area contributed by atoms with Crippen LogP contribution in [-0.4, -0.2) is 35.9 Å². The van der Waals surface area contributed by atoms with Crippen molar-refractivity contribution in [1.82, 2.24) is 30.0 Å². The van der Waals surface area contributed by atoms with Gasteiger partial charge in [-0.15, -0.1) is 5.10 Å². The number of benzene rings is 1. The van der Waals surface area contributed by atoms with E-state index in [0.717, 1.165) is 6.54 Å². The quantitative estimate of drug-likeness (QED) is 0.689. The Morgan fingerprint density at radius 1 is 1.37 bits per heavy atom. The molecule has 0 saturated heterocycles. The Hall–Kier alpha value is -3.10. The zero-order valence-electron chi connectivity index (χ0n) is 14.9. The van der Waals surface area contributed by atoms with E-state index in [1.54, 1.807) is 36.0 Å². The van der Waals surface area contributed by atoms with Crippen LogP contribution in [0.3, 0.4) is 0 Å². The molecule has 1 unspecified atom stereocenters. The molecule has 140 valence electrons. The van der Waals surface area contributed by atoms with Crippen molar-refractivity contribution in [3.8, 4) is 0 Å². The molecular formula is C18H20FN7O. The molecule has 0 aliphatic heterocycles. The van der Waals surface area contributed by atoms with Gasteiger partial charge in [0.15, 0.2) is 0 Å². The summed E-state index contributed by atoms with van der Waals surface area (Å²) >= 11 is 0. The van der Waals surface area contributed by atoms with Gasteiger partial charge in [-0.25, -0.2) is 13.8 Å². The van der Waals surface area contributed by atoms with Crippen LogP contribution in [0.5, 0.6) is 0 Å². The molecule has 0 bridgehead atoms. The molecule has 0 spiro atoms. The van der Waals surface area contributed by atoms with E-state index in [9.17, 15) is 9.18 Å². The number of carbonyl (C=O) groups is 1. The Bertz CT molecular complexity index is 947. The number of rotatable bonds is 7. The number of hydrogen-bond acceptors (Lipinski definition) is 5. The van der Waals surface area contributed by atoms with Crippen molar-refractivity contribution in [3.63, 3.8) is 0 Å². The first kappa shape index (κ1) is 17.3. The highest BCUT2D eigenvalue weighted by atomic mass is 19.1. The van der Waals surface area contributed by atoms with Crippen LogP contribution in [0.15, 0.2) is 36.5 Å². The van der Waals surface area contributed by atoms with Gasteiger partial charge in [0.1, 0.15) is 23.5 Å². The fourth-order valence-electron chi connectivity index (χ4n) is 3.04. The maximum absolute atomic E-state index is 13.6. The fourth-order valence-corrected chi connectivity index (χ4v) is 3.04. The summed E-state index contributed by atoms with van der Waals surface area (Å²) in [6.45, 7) is 2.52. The van der Waals surface area contributed by atoms with E-state index >= 15 is 0 Å². The number of nitrogens with one attached hydrogen (secondary N) is 1. The maximum Gasteiger partial charge on any atom is 0.250 e. The van der Waals surface area contributed by atoms with E-state index in [1.165, 1.54) is 29.7 Å². The van der Waals surface area contributed by atoms with Gasteiger partial charge >= 0.3 is 0 Å². The predicted octanol–water partition coefficient (Wildman–Crippen LogP) is 2.15. The zero-order chi connectivity index (χ0) is 18.8. The number of aromatic nitrogens is 6. The first-order valence-corrected chi connectivity index (χ1v) is 8.92. The summed E-state index contributed by atoms with van der Waals surface area (Å²) in [5.41, 5.74) is 0.691. The lowest BCUT2D eigenvalue weighted by Gasteiger charge is -2.18. The highest BCUT2D eigenvalue weighted by molar-refractivity contribution is 5.93. The topological polar surface area (TPSA) is 90.5 Å². The Balaban J connectivity index is 1.57. The molecule has 1 atom stereocenters. The van der Waals surface area contributed by atoms with Crippen molar-refractivity contribution < 1.29 is 9.18 Å². The normalized spacial score (nSPS) is 14.9. The van der Waals surface area contributed by atoms with Gasteiger partial charge in [-0.2, -0.15) is 5.10 Å². The minimum absolute atomic E-state index is 0.270. The third-order valence-corrected chi connectivity index (χ3v) is 4.67. The molecule has 1 amide bonds. The van der Waals surface area contributed by atoms with Crippen molar-refractivity contribution >= 4 is 11.7 Å². The number of anilines is 1. The molecule has 1 aliphatic carbocycles. The summed E-state index contributed by atoms with van der Waals surface area (Å²) in [6.07, 6.45) is 4.33. The number of amides is 1. The molecule has 0 radical (unpaired) electrons. The Morgan fingerprint density at radius 2 is 2.22 bits per heavy atom. The molecule has 27 heavy (non-hydrogen) atoms. The number of nitrogens with zero attached hydrogens (tertiary/aromatic N) is 6. The second-order valence-corrected chi connectivity index (χ2v) is 6.85. The van der Waals surface area contributed by atoms with Crippen LogP contribution in [0.4, 0.5) is 10.2 Å². The molecule has 4 rings (SSSR count). The molecule has 2 aromatic heterocycles. The van der Waals surface area contributed by atoms with Gasteiger partial charge in [0, 0.05) is 19.0 Å². The molecule has 3 aromatic rings. The number of carbonyl (C=O) groups excluding carboxylic acids is 1. The van der Waals surface area contributed by atoms with Crippen molar-refractivity contribution in [3.05, 3.63) is 53.7 Å². The first-order valence-electron chi connectivity index (χ1n) is 8.92. The van der Waals surface area contributed by atoms with Gasteiger partial charge in [0.25, 0.3) is 5.91 Å². The molecule has 2 heterocycles. The van der Waals surface area contributed by atoms with E-state index in [-0.39, 0.29) is 18.1 Å². The maximum atomic E-state index is 13.6. The number of aryl methyl sites for hydroxylation is 1. The highest BCUT2D eigenvalue weighted by Gasteiger charge is 2.27. The lowest BCUT2D eigenvalue weighted by Crippen LogP contribution is -2.30. The molecule has 1 aromatic carbocycles. The van der Waals surface area contributed by atoms with Gasteiger partial charge < -0.3 is 5.32 Å². The van der Waals surface area contributed by atoms with Crippen LogP contribution < -0.4 is 5.32 Å². The van der Waals surface area contributed by atoms with Gasteiger partial charge in [-0.05, 0) is 53.8 Å². The fraction of sp³-hybridized carbons (Fsp3) is 0.389. The zero-order valence-corrected chi connectivity index (χ0v) is 14.9. The average Bonchev–Trinajstić information content (AvgIpc) is 3.20. The summed E-state index contributed by atoms with van der Waals surface area (Å²) in [5.74, 6) is 1.17. The standard InChI is InChI=1S/C18H20FN7O/c1-12-22-23-24-26(12)16(10-14-3-2-4-15(19)9-14)18(27)21-17-7-8-20-25(17)11-13-5-6-13/h2-4,7-9,13,16H,5-6,10-11H2,1H3,(H,21,27). The molecule has 8 nitrogen and oxygen atoms in total. The molecule has 9 heteroatoms. The summed E-state index contributed by atoms with van der Waals surface area (Å²) in [7, 11) is 0. The second-order valence-electron chi connectivity index (χ2n) is 6.85. The van der Waals surface area contributed by atoms with Gasteiger partial charge in [0.2, 0.25) is 0 Å². The van der Waals surface area contributed by atoms with E-state index in [1.807, 2.05) is 0 Å². The van der Waals surface area contributed by atoms with Crippen molar-refractivity contribution in [2.75, 3.05) is 5.32 Å². The van der Waals surface area contributed by atoms with Gasteiger partial charge in [-0.3, -0.25) is 4.79 Å². The number of hydrogen-bond donors (Lipinski definition) is 1. The highest BCUT2D eigenvalue weighted by Crippen LogP contribution is 2.31. The summed E-state index contributed by atoms with van der Waals surface area (Å²) in [5, 5.41) is 18.7. The van der Waals surface area contributed by atoms with Crippen LogP contribution in [0.2, 0.25) is 0 Å². The lowest BCUT2D eigenvalue weighted by molar-refractivity contribution is -0.119. The molecule has 1 fully saturated rings. The first-order chi connectivity index (χ1) is 13.1. The molecule has 1 aliphatic rings. The minimum Gasteiger partial charge on any atom is -0.309 e. The average molecular weight is 369 g/mol. The third-order valence-electron chi connectivity index (χ3n) is 4.67. The second kappa shape index (κ2) is 7.26. The Labute approximate surface area is 155 Å². The Morgan fingerprint density at radius 3 is 2.93 bits per heavy atom. The number of halogens is 1. The van der Waals surface area contributed by atoms with Gasteiger partial charge in [-0.1, -0.05) is 12.1 Å².